The smallest absolute Gasteiger partial charge is 0.337 e. The molecule has 1 atom stereocenters. The molecule has 5 heteroatoms. The molecule has 1 aromatic rings. The Hall–Kier alpha value is -2.95. The molecule has 1 unspecified atom stereocenters. The zero-order valence-corrected chi connectivity index (χ0v) is 14.4. The summed E-state index contributed by atoms with van der Waals surface area (Å²) in [5, 5.41) is 2.67. The van der Waals surface area contributed by atoms with Crippen molar-refractivity contribution in [2.24, 2.45) is 0 Å². The molecule has 0 radical (unpaired) electrons. The first-order chi connectivity index (χ1) is 12.0. The van der Waals surface area contributed by atoms with E-state index in [4.69, 9.17) is 0 Å². The van der Waals surface area contributed by atoms with Crippen molar-refractivity contribution < 1.29 is 19.1 Å². The van der Waals surface area contributed by atoms with E-state index in [0.717, 1.165) is 5.57 Å². The zero-order chi connectivity index (χ0) is 18.4. The van der Waals surface area contributed by atoms with Crippen molar-refractivity contribution in [3.05, 3.63) is 65.8 Å². The fourth-order valence-electron chi connectivity index (χ4n) is 2.70. The standard InChI is InChI=1S/C20H21NO4/c1-4-6-7-8-13(5-2)11-17(22)18-15-10-9-14(20(24)25-3)12-16(15)21-19(18)23/h4-5,7-10,12,18H,1,6,11H2,2-3H3,(H,21,23)/b8-7?,13-5+. The summed E-state index contributed by atoms with van der Waals surface area (Å²) < 4.78 is 4.67. The number of rotatable bonds is 7. The van der Waals surface area contributed by atoms with Gasteiger partial charge in [0.15, 0.2) is 5.78 Å². The summed E-state index contributed by atoms with van der Waals surface area (Å²) in [6.45, 7) is 5.50. The summed E-state index contributed by atoms with van der Waals surface area (Å²) in [5.74, 6) is -1.90. The average molecular weight is 339 g/mol. The molecular formula is C20H21NO4. The highest BCUT2D eigenvalue weighted by atomic mass is 16.5. The van der Waals surface area contributed by atoms with Gasteiger partial charge in [-0.3, -0.25) is 9.59 Å². The first kappa shape index (κ1) is 18.4. The molecule has 0 saturated carbocycles. The predicted molar refractivity (Wildman–Crippen MR) is 96.5 cm³/mol. The Labute approximate surface area is 147 Å². The van der Waals surface area contributed by atoms with Crippen LogP contribution in [0.5, 0.6) is 0 Å². The van der Waals surface area contributed by atoms with E-state index in [2.05, 4.69) is 16.6 Å². The maximum atomic E-state index is 12.6. The van der Waals surface area contributed by atoms with Crippen LogP contribution in [0.1, 0.15) is 41.6 Å². The van der Waals surface area contributed by atoms with Crippen molar-refractivity contribution in [2.45, 2.75) is 25.7 Å². The van der Waals surface area contributed by atoms with Gasteiger partial charge >= 0.3 is 5.97 Å². The number of ketones is 1. The van der Waals surface area contributed by atoms with Crippen molar-refractivity contribution in [3.63, 3.8) is 0 Å². The first-order valence-electron chi connectivity index (χ1n) is 8.00. The minimum absolute atomic E-state index is 0.167. The van der Waals surface area contributed by atoms with E-state index in [0.29, 0.717) is 23.2 Å². The lowest BCUT2D eigenvalue weighted by molar-refractivity contribution is -0.126. The number of hydrogen-bond donors (Lipinski definition) is 1. The molecule has 1 aliphatic heterocycles. The van der Waals surface area contributed by atoms with Gasteiger partial charge in [0, 0.05) is 12.1 Å². The number of esters is 1. The molecule has 1 aliphatic rings. The van der Waals surface area contributed by atoms with E-state index < -0.39 is 11.9 Å². The van der Waals surface area contributed by atoms with Crippen LogP contribution in [0.3, 0.4) is 0 Å². The van der Waals surface area contributed by atoms with E-state index in [9.17, 15) is 14.4 Å². The van der Waals surface area contributed by atoms with Crippen molar-refractivity contribution in [1.82, 2.24) is 0 Å². The van der Waals surface area contributed by atoms with Crippen LogP contribution in [0.4, 0.5) is 5.69 Å². The van der Waals surface area contributed by atoms with E-state index in [1.54, 1.807) is 18.2 Å². The van der Waals surface area contributed by atoms with Crippen molar-refractivity contribution in [1.29, 1.82) is 0 Å². The predicted octanol–water partition coefficient (Wildman–Crippen LogP) is 3.55. The van der Waals surface area contributed by atoms with Crippen LogP contribution in [-0.4, -0.2) is 24.8 Å². The number of anilines is 1. The summed E-state index contributed by atoms with van der Waals surface area (Å²) >= 11 is 0. The Bertz CT molecular complexity index is 774. The first-order valence-corrected chi connectivity index (χ1v) is 8.00. The quantitative estimate of drug-likeness (QED) is 0.357. The highest BCUT2D eigenvalue weighted by molar-refractivity contribution is 6.17. The minimum Gasteiger partial charge on any atom is -0.465 e. The molecule has 0 aromatic heterocycles. The number of carbonyl (C=O) groups is 3. The Morgan fingerprint density at radius 3 is 2.76 bits per heavy atom. The molecule has 0 aliphatic carbocycles. The minimum atomic E-state index is -0.857. The van der Waals surface area contributed by atoms with E-state index in [1.807, 2.05) is 25.2 Å². The molecule has 2 rings (SSSR count). The Kier molecular flexibility index (Phi) is 6.06. The SMILES string of the molecule is C=CCC=C/C(=C\C)CC(=O)C1C(=O)Nc2cc(C(=O)OC)ccc21. The molecule has 1 N–H and O–H groups in total. The van der Waals surface area contributed by atoms with Crippen LogP contribution in [0.15, 0.2) is 54.7 Å². The molecule has 5 nitrogen and oxygen atoms in total. The highest BCUT2D eigenvalue weighted by Crippen LogP contribution is 2.35. The molecule has 0 saturated heterocycles. The maximum Gasteiger partial charge on any atom is 0.337 e. The lowest BCUT2D eigenvalue weighted by atomic mass is 9.91. The normalized spacial score (nSPS) is 16.5. The average Bonchev–Trinajstić information content (AvgIpc) is 2.94. The summed E-state index contributed by atoms with van der Waals surface area (Å²) in [6.07, 6.45) is 8.29. The zero-order valence-electron chi connectivity index (χ0n) is 14.4. The second kappa shape index (κ2) is 8.24. The summed E-state index contributed by atoms with van der Waals surface area (Å²) in [7, 11) is 1.29. The van der Waals surface area contributed by atoms with Gasteiger partial charge in [0.25, 0.3) is 0 Å². The van der Waals surface area contributed by atoms with Crippen LogP contribution in [0, 0.1) is 0 Å². The molecule has 0 fully saturated rings. The van der Waals surface area contributed by atoms with Crippen molar-refractivity contribution in [3.8, 4) is 0 Å². The number of methoxy groups -OCH3 is 1. The van der Waals surface area contributed by atoms with Gasteiger partial charge < -0.3 is 10.1 Å². The summed E-state index contributed by atoms with van der Waals surface area (Å²) in [6, 6.07) is 4.73. The molecule has 1 amide bonds. The number of nitrogens with one attached hydrogen (secondary N) is 1. The van der Waals surface area contributed by atoms with Crippen molar-refractivity contribution in [2.75, 3.05) is 12.4 Å². The Morgan fingerprint density at radius 1 is 1.36 bits per heavy atom. The molecular weight excluding hydrogens is 318 g/mol. The molecule has 130 valence electrons. The van der Waals surface area contributed by atoms with Crippen LogP contribution in [-0.2, 0) is 14.3 Å². The third kappa shape index (κ3) is 4.12. The molecule has 1 aromatic carbocycles. The topological polar surface area (TPSA) is 72.5 Å². The van der Waals surface area contributed by atoms with E-state index >= 15 is 0 Å². The fourth-order valence-corrected chi connectivity index (χ4v) is 2.70. The van der Waals surface area contributed by atoms with Gasteiger partial charge in [0.1, 0.15) is 5.92 Å². The van der Waals surface area contributed by atoms with Crippen LogP contribution in [0.2, 0.25) is 0 Å². The number of amides is 1. The monoisotopic (exact) mass is 339 g/mol. The number of allylic oxidation sites excluding steroid dienone is 5. The number of ether oxygens (including phenoxy) is 1. The summed E-state index contributed by atoms with van der Waals surface area (Å²) in [4.78, 5) is 36.5. The highest BCUT2D eigenvalue weighted by Gasteiger charge is 2.36. The third-order valence-corrected chi connectivity index (χ3v) is 4.01. The Balaban J connectivity index is 2.21. The number of fused-ring (bicyclic) bond motifs is 1. The number of benzene rings is 1. The molecule has 0 spiro atoms. The number of hydrogen-bond acceptors (Lipinski definition) is 4. The van der Waals surface area contributed by atoms with E-state index in [-0.39, 0.29) is 18.1 Å². The summed E-state index contributed by atoms with van der Waals surface area (Å²) in [5.41, 5.74) is 2.25. The van der Waals surface area contributed by atoms with Crippen molar-refractivity contribution >= 4 is 23.3 Å². The maximum absolute atomic E-state index is 12.6. The Morgan fingerprint density at radius 2 is 2.12 bits per heavy atom. The molecule has 25 heavy (non-hydrogen) atoms. The third-order valence-electron chi connectivity index (χ3n) is 4.01. The van der Waals surface area contributed by atoms with Crippen LogP contribution in [0.25, 0.3) is 0 Å². The fraction of sp³-hybridized carbons (Fsp3) is 0.250. The van der Waals surface area contributed by atoms with Crippen LogP contribution < -0.4 is 5.32 Å². The lowest BCUT2D eigenvalue weighted by Gasteiger charge is -2.09. The van der Waals surface area contributed by atoms with Crippen LogP contribution >= 0.6 is 0 Å². The van der Waals surface area contributed by atoms with Gasteiger partial charge in [-0.25, -0.2) is 4.79 Å². The van der Waals surface area contributed by atoms with Gasteiger partial charge in [-0.1, -0.05) is 30.4 Å². The second-order valence-electron chi connectivity index (χ2n) is 5.65. The largest absolute Gasteiger partial charge is 0.465 e. The van der Waals surface area contributed by atoms with Gasteiger partial charge in [-0.15, -0.1) is 6.58 Å². The van der Waals surface area contributed by atoms with Gasteiger partial charge in [0.05, 0.1) is 12.7 Å². The van der Waals surface area contributed by atoms with Gasteiger partial charge in [-0.05, 0) is 36.6 Å². The second-order valence-corrected chi connectivity index (χ2v) is 5.65. The molecule has 1 heterocycles. The lowest BCUT2D eigenvalue weighted by Crippen LogP contribution is -2.21. The van der Waals surface area contributed by atoms with Gasteiger partial charge in [0.2, 0.25) is 5.91 Å². The molecule has 0 bridgehead atoms. The van der Waals surface area contributed by atoms with E-state index in [1.165, 1.54) is 13.2 Å². The number of Topliss-reactive ketones (excluding diaryl/α,β-unsaturated/α-hetero) is 1. The van der Waals surface area contributed by atoms with Gasteiger partial charge in [-0.2, -0.15) is 0 Å². The number of carbonyl (C=O) groups excluding carboxylic acids is 3.